The van der Waals surface area contributed by atoms with Gasteiger partial charge in [0, 0.05) is 67.0 Å². The highest BCUT2D eigenvalue weighted by atomic mass is 32.2. The summed E-state index contributed by atoms with van der Waals surface area (Å²) in [6, 6.07) is 1.07. The first-order valence-electron chi connectivity index (χ1n) is 13.8. The zero-order valence-corrected chi connectivity index (χ0v) is 27.6. The van der Waals surface area contributed by atoms with Crippen molar-refractivity contribution in [3.05, 3.63) is 0 Å². The number of amides is 1. The van der Waals surface area contributed by atoms with Gasteiger partial charge in [-0.25, -0.2) is 4.79 Å². The van der Waals surface area contributed by atoms with Crippen LogP contribution in [0, 0.1) is 0 Å². The maximum absolute atomic E-state index is 12.4. The predicted octanol–water partition coefficient (Wildman–Crippen LogP) is 4.56. The molecular formula is C24H51N5O7SSi2. The van der Waals surface area contributed by atoms with Crippen molar-refractivity contribution in [2.24, 2.45) is 0 Å². The smallest absolute Gasteiger partial charge is 0.377 e. The van der Waals surface area contributed by atoms with Gasteiger partial charge < -0.3 is 37.6 Å². The maximum atomic E-state index is 12.4. The number of anilines is 1. The van der Waals surface area contributed by atoms with Crippen molar-refractivity contribution in [1.82, 2.24) is 20.1 Å². The highest BCUT2D eigenvalue weighted by molar-refractivity contribution is 7.99. The summed E-state index contributed by atoms with van der Waals surface area (Å²) in [6.45, 7) is 0.421. The normalized spacial score (nSPS) is 12.3. The van der Waals surface area contributed by atoms with Crippen LogP contribution in [0.1, 0.15) is 70.6 Å². The molecule has 228 valence electrons. The molecule has 0 aliphatic carbocycles. The van der Waals surface area contributed by atoms with Gasteiger partial charge in [0.1, 0.15) is 0 Å². The molecular weight excluding hydrogens is 559 g/mol. The molecule has 0 aliphatic heterocycles. The van der Waals surface area contributed by atoms with E-state index in [-0.39, 0.29) is 5.95 Å². The van der Waals surface area contributed by atoms with Gasteiger partial charge in [-0.15, -0.1) is 9.78 Å². The van der Waals surface area contributed by atoms with E-state index in [1.807, 2.05) is 0 Å². The van der Waals surface area contributed by atoms with E-state index in [4.69, 9.17) is 32.3 Å². The van der Waals surface area contributed by atoms with Crippen molar-refractivity contribution < 1.29 is 31.4 Å². The first kappa shape index (κ1) is 36.0. The third-order valence-corrected chi connectivity index (χ3v) is 13.3. The minimum atomic E-state index is -2.65. The van der Waals surface area contributed by atoms with Crippen molar-refractivity contribution in [3.63, 3.8) is 0 Å². The number of rotatable bonds is 24. The summed E-state index contributed by atoms with van der Waals surface area (Å²) < 4.78 is 33.7. The number of aromatic nitrogens is 3. The number of carbonyl (C=O) groups is 1. The highest BCUT2D eigenvalue weighted by Gasteiger charge is 2.37. The Morgan fingerprint density at radius 1 is 0.744 bits per heavy atom. The number of hydrogen-bond donors (Lipinski definition) is 2. The summed E-state index contributed by atoms with van der Waals surface area (Å²) in [6.07, 6.45) is 12.8. The van der Waals surface area contributed by atoms with Crippen LogP contribution in [0.5, 0.6) is 0 Å². The Bertz CT molecular complexity index is 770. The monoisotopic (exact) mass is 609 g/mol. The fourth-order valence-corrected chi connectivity index (χ4v) is 8.57. The molecule has 0 spiro atoms. The van der Waals surface area contributed by atoms with Crippen LogP contribution in [0.3, 0.4) is 0 Å². The molecule has 0 aromatic carbocycles. The lowest BCUT2D eigenvalue weighted by Crippen LogP contribution is -2.43. The summed E-state index contributed by atoms with van der Waals surface area (Å²) in [5, 5.41) is 7.57. The van der Waals surface area contributed by atoms with E-state index in [1.165, 1.54) is 63.1 Å². The molecule has 1 aromatic heterocycles. The number of hydrogen-bond acceptors (Lipinski definition) is 11. The number of nitrogen functional groups attached to an aromatic ring is 1. The van der Waals surface area contributed by atoms with E-state index in [9.17, 15) is 4.79 Å². The second kappa shape index (κ2) is 20.8. The van der Waals surface area contributed by atoms with Gasteiger partial charge in [0.05, 0.1) is 0 Å². The summed E-state index contributed by atoms with van der Waals surface area (Å²) in [4.78, 5) is 16.6. The van der Waals surface area contributed by atoms with Crippen LogP contribution in [0.15, 0.2) is 5.16 Å². The molecule has 0 atom stereocenters. The summed E-state index contributed by atoms with van der Waals surface area (Å²) in [5.41, 5.74) is 5.90. The number of unbranched alkanes of at least 4 members (excludes halogenated alkanes) is 9. The lowest BCUT2D eigenvalue weighted by Gasteiger charge is -2.24. The lowest BCUT2D eigenvalue weighted by atomic mass is 10.1. The molecule has 39 heavy (non-hydrogen) atoms. The molecule has 1 rings (SSSR count). The van der Waals surface area contributed by atoms with Crippen molar-refractivity contribution in [2.45, 2.75) is 87.9 Å². The zero-order valence-electron chi connectivity index (χ0n) is 24.8. The fraction of sp³-hybridized carbons (Fsp3) is 0.875. The predicted molar refractivity (Wildman–Crippen MR) is 158 cm³/mol. The SMILES string of the molecule is CO[Si](CCCCCCCCCCCCSc1nc(N)n(C(=O)NCCC[Si](OC)(OC)OC)n1)(OC)OC. The number of nitrogens with one attached hydrogen (secondary N) is 1. The summed E-state index contributed by atoms with van der Waals surface area (Å²) >= 11 is 1.53. The van der Waals surface area contributed by atoms with Crippen LogP contribution < -0.4 is 11.1 Å². The van der Waals surface area contributed by atoms with Gasteiger partial charge in [-0.2, -0.15) is 4.98 Å². The third-order valence-electron chi connectivity index (χ3n) is 6.72. The van der Waals surface area contributed by atoms with Crippen LogP contribution >= 0.6 is 11.8 Å². The van der Waals surface area contributed by atoms with Crippen LogP contribution in [0.4, 0.5) is 10.7 Å². The van der Waals surface area contributed by atoms with Crippen molar-refractivity contribution in [3.8, 4) is 0 Å². The molecule has 15 heteroatoms. The molecule has 12 nitrogen and oxygen atoms in total. The van der Waals surface area contributed by atoms with E-state index in [2.05, 4.69) is 15.4 Å². The van der Waals surface area contributed by atoms with Crippen molar-refractivity contribution in [2.75, 3.05) is 60.7 Å². The molecule has 0 saturated heterocycles. The van der Waals surface area contributed by atoms with E-state index in [0.717, 1.165) is 29.3 Å². The topological polar surface area (TPSA) is 141 Å². The molecule has 1 amide bonds. The molecule has 0 radical (unpaired) electrons. The Hall–Kier alpha value is -1.05. The minimum absolute atomic E-state index is 0.0851. The quantitative estimate of drug-likeness (QED) is 0.0968. The highest BCUT2D eigenvalue weighted by Crippen LogP contribution is 2.20. The zero-order chi connectivity index (χ0) is 29.0. The van der Waals surface area contributed by atoms with Crippen LogP contribution in [-0.4, -0.2) is 93.4 Å². The number of carbonyl (C=O) groups excluding carboxylic acids is 1. The van der Waals surface area contributed by atoms with Gasteiger partial charge in [-0.1, -0.05) is 63.1 Å². The number of nitrogens with two attached hydrogens (primary N) is 1. The van der Waals surface area contributed by atoms with Crippen molar-refractivity contribution in [1.29, 1.82) is 0 Å². The van der Waals surface area contributed by atoms with Gasteiger partial charge in [-0.3, -0.25) is 0 Å². The number of nitrogens with zero attached hydrogens (tertiary/aromatic N) is 3. The van der Waals surface area contributed by atoms with E-state index < -0.39 is 23.6 Å². The van der Waals surface area contributed by atoms with Gasteiger partial charge in [-0.05, 0) is 19.3 Å². The Balaban J connectivity index is 2.10. The Kier molecular flexibility index (Phi) is 19.2. The lowest BCUT2D eigenvalue weighted by molar-refractivity contribution is 0.122. The third kappa shape index (κ3) is 13.4. The van der Waals surface area contributed by atoms with Gasteiger partial charge in [0.2, 0.25) is 11.1 Å². The van der Waals surface area contributed by atoms with Crippen LogP contribution in [0.2, 0.25) is 12.1 Å². The molecule has 0 bridgehead atoms. The average Bonchev–Trinajstić information content (AvgIpc) is 3.34. The Morgan fingerprint density at radius 2 is 1.18 bits per heavy atom. The van der Waals surface area contributed by atoms with Crippen molar-refractivity contribution >= 4 is 41.4 Å². The fourth-order valence-electron chi connectivity index (χ4n) is 4.22. The molecule has 0 saturated carbocycles. The van der Waals surface area contributed by atoms with Crippen LogP contribution in [-0.2, 0) is 26.6 Å². The first-order valence-corrected chi connectivity index (χ1v) is 18.6. The summed E-state index contributed by atoms with van der Waals surface area (Å²) in [5.74, 6) is 0.986. The van der Waals surface area contributed by atoms with Gasteiger partial charge in [0.25, 0.3) is 0 Å². The summed E-state index contributed by atoms with van der Waals surface area (Å²) in [7, 11) is 4.67. The molecule has 0 aliphatic rings. The molecule has 1 aromatic rings. The number of thioether (sulfide) groups is 1. The van der Waals surface area contributed by atoms with E-state index in [0.29, 0.717) is 24.2 Å². The average molecular weight is 610 g/mol. The van der Waals surface area contributed by atoms with Crippen LogP contribution in [0.25, 0.3) is 0 Å². The first-order chi connectivity index (χ1) is 18.8. The van der Waals surface area contributed by atoms with E-state index >= 15 is 0 Å². The Labute approximate surface area is 241 Å². The molecule has 0 unspecified atom stereocenters. The minimum Gasteiger partial charge on any atom is -0.377 e. The molecule has 3 N–H and O–H groups in total. The second-order valence-electron chi connectivity index (χ2n) is 9.22. The Morgan fingerprint density at radius 3 is 1.67 bits per heavy atom. The standard InChI is InChI=1S/C24H51N5O7SSi2/c1-31-38(32-2,33-3)20-16-14-12-10-8-7-9-11-13-15-19-37-23-27-22(25)29(28-23)24(30)26-18-17-21-39(34-4,35-5)36-6/h7-21H2,1-6H3,(H,26,30)(H2,25,27,28). The van der Waals surface area contributed by atoms with E-state index in [1.54, 1.807) is 42.7 Å². The largest absolute Gasteiger partial charge is 0.500 e. The van der Waals surface area contributed by atoms with Gasteiger partial charge in [0.15, 0.2) is 0 Å². The second-order valence-corrected chi connectivity index (χ2v) is 16.5. The maximum Gasteiger partial charge on any atom is 0.500 e. The van der Waals surface area contributed by atoms with Gasteiger partial charge >= 0.3 is 23.6 Å². The molecule has 0 fully saturated rings. The molecule has 1 heterocycles.